The summed E-state index contributed by atoms with van der Waals surface area (Å²) in [5.74, 6) is -0.307. The van der Waals surface area contributed by atoms with Gasteiger partial charge in [0.25, 0.3) is 0 Å². The molecule has 2 aromatic rings. The maximum Gasteiger partial charge on any atom is 0.203 e. The normalized spacial score (nSPS) is 15.6. The Morgan fingerprint density at radius 1 is 1.29 bits per heavy atom. The van der Waals surface area contributed by atoms with Gasteiger partial charge in [-0.25, -0.2) is 13.8 Å². The number of nitrogens with one attached hydrogen (secondary N) is 1. The SMILES string of the molecule is Cc1cn(Cc2ccc(F)cc2F)c(NC2CCCC2)n1. The van der Waals surface area contributed by atoms with E-state index in [1.165, 1.54) is 25.0 Å². The summed E-state index contributed by atoms with van der Waals surface area (Å²) in [6.07, 6.45) is 6.67. The summed E-state index contributed by atoms with van der Waals surface area (Å²) in [7, 11) is 0. The third kappa shape index (κ3) is 3.23. The molecule has 0 spiro atoms. The zero-order chi connectivity index (χ0) is 14.8. The average molecular weight is 291 g/mol. The summed E-state index contributed by atoms with van der Waals surface area (Å²) >= 11 is 0. The van der Waals surface area contributed by atoms with Crippen molar-refractivity contribution < 1.29 is 8.78 Å². The minimum Gasteiger partial charge on any atom is -0.353 e. The highest BCUT2D eigenvalue weighted by Gasteiger charge is 2.17. The van der Waals surface area contributed by atoms with Gasteiger partial charge in [-0.3, -0.25) is 0 Å². The maximum atomic E-state index is 13.8. The molecule has 3 rings (SSSR count). The molecule has 0 amide bonds. The van der Waals surface area contributed by atoms with Gasteiger partial charge in [0.15, 0.2) is 0 Å². The van der Waals surface area contributed by atoms with E-state index in [0.717, 1.165) is 30.6 Å². The number of anilines is 1. The van der Waals surface area contributed by atoms with Crippen LogP contribution in [0, 0.1) is 18.6 Å². The van der Waals surface area contributed by atoms with Crippen molar-refractivity contribution in [3.05, 3.63) is 47.3 Å². The zero-order valence-corrected chi connectivity index (χ0v) is 12.1. The fraction of sp³-hybridized carbons (Fsp3) is 0.438. The van der Waals surface area contributed by atoms with Crippen LogP contribution in [-0.2, 0) is 6.54 Å². The van der Waals surface area contributed by atoms with Crippen LogP contribution in [0.25, 0.3) is 0 Å². The number of nitrogens with zero attached hydrogens (tertiary/aromatic N) is 2. The standard InChI is InChI=1S/C16H19F2N3/c1-11-9-21(10-12-6-7-13(17)8-15(12)18)16(19-11)20-14-4-2-3-5-14/h6-9,14H,2-5,10H2,1H3,(H,19,20). The Labute approximate surface area is 123 Å². The van der Waals surface area contributed by atoms with Crippen molar-refractivity contribution >= 4 is 5.95 Å². The van der Waals surface area contributed by atoms with Crippen LogP contribution >= 0.6 is 0 Å². The number of imidazole rings is 1. The van der Waals surface area contributed by atoms with Gasteiger partial charge in [0, 0.05) is 23.9 Å². The molecule has 0 bridgehead atoms. The van der Waals surface area contributed by atoms with Crippen molar-refractivity contribution in [3.63, 3.8) is 0 Å². The number of aryl methyl sites for hydroxylation is 1. The van der Waals surface area contributed by atoms with Gasteiger partial charge in [0.05, 0.1) is 12.2 Å². The van der Waals surface area contributed by atoms with Crippen molar-refractivity contribution in [2.24, 2.45) is 0 Å². The van der Waals surface area contributed by atoms with E-state index in [4.69, 9.17) is 0 Å². The molecular formula is C16H19F2N3. The van der Waals surface area contributed by atoms with Crippen LogP contribution in [0.15, 0.2) is 24.4 Å². The van der Waals surface area contributed by atoms with Gasteiger partial charge in [0.2, 0.25) is 5.95 Å². The molecule has 112 valence electrons. The van der Waals surface area contributed by atoms with E-state index in [-0.39, 0.29) is 0 Å². The highest BCUT2D eigenvalue weighted by Crippen LogP contribution is 2.23. The Hall–Kier alpha value is -1.91. The van der Waals surface area contributed by atoms with Gasteiger partial charge < -0.3 is 9.88 Å². The highest BCUT2D eigenvalue weighted by atomic mass is 19.1. The summed E-state index contributed by atoms with van der Waals surface area (Å²) in [5.41, 5.74) is 1.35. The van der Waals surface area contributed by atoms with E-state index >= 15 is 0 Å². The summed E-state index contributed by atoms with van der Waals surface area (Å²) in [5, 5.41) is 3.44. The smallest absolute Gasteiger partial charge is 0.203 e. The molecule has 0 saturated heterocycles. The third-order valence-corrected chi connectivity index (χ3v) is 3.94. The van der Waals surface area contributed by atoms with Crippen LogP contribution in [0.4, 0.5) is 14.7 Å². The molecule has 1 aliphatic carbocycles. The molecule has 0 unspecified atom stereocenters. The molecule has 1 fully saturated rings. The van der Waals surface area contributed by atoms with Crippen molar-refractivity contribution in [3.8, 4) is 0 Å². The molecule has 0 atom stereocenters. The molecule has 1 saturated carbocycles. The second kappa shape index (κ2) is 5.84. The number of halogens is 2. The molecule has 0 aliphatic heterocycles. The molecule has 1 aromatic heterocycles. The van der Waals surface area contributed by atoms with Crippen LogP contribution in [-0.4, -0.2) is 15.6 Å². The van der Waals surface area contributed by atoms with Crippen LogP contribution < -0.4 is 5.32 Å². The molecular weight excluding hydrogens is 272 g/mol. The predicted molar refractivity (Wildman–Crippen MR) is 78.3 cm³/mol. The van der Waals surface area contributed by atoms with Crippen molar-refractivity contribution in [2.45, 2.75) is 45.2 Å². The monoisotopic (exact) mass is 291 g/mol. The van der Waals surface area contributed by atoms with E-state index in [2.05, 4.69) is 10.3 Å². The molecule has 21 heavy (non-hydrogen) atoms. The van der Waals surface area contributed by atoms with E-state index in [0.29, 0.717) is 18.2 Å². The van der Waals surface area contributed by atoms with Crippen LogP contribution in [0.3, 0.4) is 0 Å². The Bertz CT molecular complexity index is 630. The summed E-state index contributed by atoms with van der Waals surface area (Å²) in [6, 6.07) is 4.14. The fourth-order valence-electron chi connectivity index (χ4n) is 2.87. The lowest BCUT2D eigenvalue weighted by Crippen LogP contribution is -2.18. The summed E-state index contributed by atoms with van der Waals surface area (Å²) in [4.78, 5) is 4.47. The topological polar surface area (TPSA) is 29.9 Å². The quantitative estimate of drug-likeness (QED) is 0.926. The lowest BCUT2D eigenvalue weighted by atomic mass is 10.2. The van der Waals surface area contributed by atoms with Crippen LogP contribution in [0.1, 0.15) is 36.9 Å². The van der Waals surface area contributed by atoms with E-state index in [1.54, 1.807) is 0 Å². The number of benzene rings is 1. The molecule has 1 N–H and O–H groups in total. The van der Waals surface area contributed by atoms with Gasteiger partial charge in [-0.05, 0) is 25.8 Å². The summed E-state index contributed by atoms with van der Waals surface area (Å²) < 4.78 is 28.6. The van der Waals surface area contributed by atoms with Crippen molar-refractivity contribution in [1.29, 1.82) is 0 Å². The van der Waals surface area contributed by atoms with Crippen LogP contribution in [0.5, 0.6) is 0 Å². The van der Waals surface area contributed by atoms with E-state index in [9.17, 15) is 8.78 Å². The van der Waals surface area contributed by atoms with Gasteiger partial charge in [0.1, 0.15) is 11.6 Å². The number of aromatic nitrogens is 2. The van der Waals surface area contributed by atoms with Gasteiger partial charge in [-0.15, -0.1) is 0 Å². The van der Waals surface area contributed by atoms with Crippen LogP contribution in [0.2, 0.25) is 0 Å². The number of hydrogen-bond acceptors (Lipinski definition) is 2. The Morgan fingerprint density at radius 3 is 2.76 bits per heavy atom. The Kier molecular flexibility index (Phi) is 3.90. The van der Waals surface area contributed by atoms with E-state index < -0.39 is 11.6 Å². The first-order chi connectivity index (χ1) is 10.1. The minimum atomic E-state index is -0.553. The molecule has 3 nitrogen and oxygen atoms in total. The average Bonchev–Trinajstić information content (AvgIpc) is 3.04. The highest BCUT2D eigenvalue weighted by molar-refractivity contribution is 5.32. The first-order valence-electron chi connectivity index (χ1n) is 7.36. The van der Waals surface area contributed by atoms with Gasteiger partial charge in [-0.1, -0.05) is 18.9 Å². The first-order valence-corrected chi connectivity index (χ1v) is 7.36. The Balaban J connectivity index is 1.81. The lowest BCUT2D eigenvalue weighted by Gasteiger charge is -2.15. The second-order valence-electron chi connectivity index (χ2n) is 5.70. The minimum absolute atomic E-state index is 0.349. The molecule has 1 aliphatic rings. The molecule has 5 heteroatoms. The lowest BCUT2D eigenvalue weighted by molar-refractivity contribution is 0.566. The molecule has 0 radical (unpaired) electrons. The van der Waals surface area contributed by atoms with Crippen molar-refractivity contribution in [1.82, 2.24) is 9.55 Å². The van der Waals surface area contributed by atoms with E-state index in [1.807, 2.05) is 17.7 Å². The first kappa shape index (κ1) is 14.0. The molecule has 1 heterocycles. The predicted octanol–water partition coefficient (Wildman–Crippen LogP) is 3.87. The number of hydrogen-bond donors (Lipinski definition) is 1. The zero-order valence-electron chi connectivity index (χ0n) is 12.1. The molecule has 1 aromatic carbocycles. The third-order valence-electron chi connectivity index (χ3n) is 3.94. The largest absolute Gasteiger partial charge is 0.353 e. The fourth-order valence-corrected chi connectivity index (χ4v) is 2.87. The maximum absolute atomic E-state index is 13.8. The van der Waals surface area contributed by atoms with Crippen molar-refractivity contribution in [2.75, 3.05) is 5.32 Å². The van der Waals surface area contributed by atoms with Gasteiger partial charge >= 0.3 is 0 Å². The second-order valence-corrected chi connectivity index (χ2v) is 5.70. The Morgan fingerprint density at radius 2 is 2.05 bits per heavy atom. The number of rotatable bonds is 4. The summed E-state index contributed by atoms with van der Waals surface area (Å²) in [6.45, 7) is 2.26. The van der Waals surface area contributed by atoms with Gasteiger partial charge in [-0.2, -0.15) is 0 Å².